The molecule has 0 aliphatic carbocycles. The Labute approximate surface area is 123 Å². The number of piperazine rings is 1. The number of carbonyl (C=O) groups excluding carboxylic acids is 2. The van der Waals surface area contributed by atoms with E-state index in [1.54, 1.807) is 17.0 Å². The molecular weight excluding hydrogens is 272 g/mol. The number of para-hydroxylation sites is 1. The van der Waals surface area contributed by atoms with E-state index in [0.717, 1.165) is 6.42 Å². The topological polar surface area (TPSA) is 59.1 Å². The number of esters is 1. The van der Waals surface area contributed by atoms with Gasteiger partial charge in [0.25, 0.3) is 0 Å². The minimum absolute atomic E-state index is 0.141. The van der Waals surface area contributed by atoms with Crippen LogP contribution in [0.25, 0.3) is 0 Å². The summed E-state index contributed by atoms with van der Waals surface area (Å²) >= 11 is 0. The maximum absolute atomic E-state index is 12.1. The molecule has 2 aliphatic heterocycles. The first-order valence-corrected chi connectivity index (χ1v) is 7.16. The van der Waals surface area contributed by atoms with Crippen molar-refractivity contribution in [2.45, 2.75) is 12.5 Å². The summed E-state index contributed by atoms with van der Waals surface area (Å²) in [4.78, 5) is 27.4. The number of ether oxygens (including phenoxy) is 2. The van der Waals surface area contributed by atoms with E-state index in [0.29, 0.717) is 38.5 Å². The van der Waals surface area contributed by atoms with Crippen molar-refractivity contribution in [3.63, 3.8) is 0 Å². The molecule has 0 spiro atoms. The predicted molar refractivity (Wildman–Crippen MR) is 75.0 cm³/mol. The van der Waals surface area contributed by atoms with E-state index in [4.69, 9.17) is 9.47 Å². The molecule has 1 aromatic rings. The predicted octanol–water partition coefficient (Wildman–Crippen LogP) is 1.12. The van der Waals surface area contributed by atoms with E-state index >= 15 is 0 Å². The Bertz CT molecular complexity index is 512. The minimum atomic E-state index is -0.338. The van der Waals surface area contributed by atoms with Gasteiger partial charge < -0.3 is 14.4 Å². The number of rotatable bonds is 2. The summed E-state index contributed by atoms with van der Waals surface area (Å²) in [6.45, 7) is 2.97. The summed E-state index contributed by atoms with van der Waals surface area (Å²) in [5.74, 6) is 0.402. The van der Waals surface area contributed by atoms with Crippen LogP contribution in [-0.2, 0) is 9.53 Å². The Morgan fingerprint density at radius 3 is 2.48 bits per heavy atom. The first kappa shape index (κ1) is 13.9. The summed E-state index contributed by atoms with van der Waals surface area (Å²) in [7, 11) is 0. The van der Waals surface area contributed by atoms with Gasteiger partial charge in [-0.2, -0.15) is 0 Å². The smallest absolute Gasteiger partial charge is 0.415 e. The molecule has 0 N–H and O–H groups in total. The van der Waals surface area contributed by atoms with Crippen molar-refractivity contribution in [1.82, 2.24) is 9.80 Å². The van der Waals surface area contributed by atoms with Crippen molar-refractivity contribution >= 4 is 12.1 Å². The second-order valence-corrected chi connectivity index (χ2v) is 5.18. The lowest BCUT2D eigenvalue weighted by molar-refractivity contribution is -0.142. The van der Waals surface area contributed by atoms with Crippen molar-refractivity contribution in [1.29, 1.82) is 0 Å². The lowest BCUT2D eigenvalue weighted by Crippen LogP contribution is -2.53. The fraction of sp³-hybridized carbons (Fsp3) is 0.467. The van der Waals surface area contributed by atoms with Crippen LogP contribution in [0.3, 0.4) is 0 Å². The first-order chi connectivity index (χ1) is 10.2. The van der Waals surface area contributed by atoms with Gasteiger partial charge in [0.2, 0.25) is 0 Å². The highest BCUT2D eigenvalue weighted by Gasteiger charge is 2.35. The molecule has 3 rings (SSSR count). The van der Waals surface area contributed by atoms with Crippen molar-refractivity contribution in [2.24, 2.45) is 0 Å². The van der Waals surface area contributed by atoms with Gasteiger partial charge in [-0.15, -0.1) is 0 Å². The first-order valence-electron chi connectivity index (χ1n) is 7.16. The molecule has 1 unspecified atom stereocenters. The van der Waals surface area contributed by atoms with Gasteiger partial charge in [0.05, 0.1) is 6.61 Å². The molecule has 2 saturated heterocycles. The van der Waals surface area contributed by atoms with Gasteiger partial charge in [0, 0.05) is 32.6 Å². The second kappa shape index (κ2) is 6.13. The lowest BCUT2D eigenvalue weighted by atomic mass is 10.2. The van der Waals surface area contributed by atoms with Gasteiger partial charge in [0.15, 0.2) is 0 Å². The second-order valence-electron chi connectivity index (χ2n) is 5.18. The molecule has 1 atom stereocenters. The summed E-state index contributed by atoms with van der Waals surface area (Å²) in [5.41, 5.74) is 0. The number of cyclic esters (lactones) is 1. The third kappa shape index (κ3) is 3.16. The monoisotopic (exact) mass is 290 g/mol. The van der Waals surface area contributed by atoms with Crippen molar-refractivity contribution in [3.05, 3.63) is 30.3 Å². The quantitative estimate of drug-likeness (QED) is 0.764. The number of nitrogens with zero attached hydrogens (tertiary/aromatic N) is 2. The maximum Gasteiger partial charge on any atom is 0.415 e. The van der Waals surface area contributed by atoms with Crippen LogP contribution >= 0.6 is 0 Å². The highest BCUT2D eigenvalue weighted by molar-refractivity contribution is 5.77. The average molecular weight is 290 g/mol. The fourth-order valence-electron chi connectivity index (χ4n) is 2.69. The van der Waals surface area contributed by atoms with Gasteiger partial charge in [-0.25, -0.2) is 4.79 Å². The van der Waals surface area contributed by atoms with Crippen LogP contribution in [0.4, 0.5) is 4.79 Å². The Kier molecular flexibility index (Phi) is 4.06. The highest BCUT2D eigenvalue weighted by Crippen LogP contribution is 2.17. The Balaban J connectivity index is 1.51. The van der Waals surface area contributed by atoms with Crippen LogP contribution in [-0.4, -0.2) is 60.7 Å². The largest absolute Gasteiger partial charge is 0.464 e. The van der Waals surface area contributed by atoms with Crippen LogP contribution in [0.15, 0.2) is 30.3 Å². The molecule has 2 aliphatic rings. The Morgan fingerprint density at radius 1 is 1.14 bits per heavy atom. The molecule has 0 radical (unpaired) electrons. The molecule has 112 valence electrons. The Hall–Kier alpha value is -2.08. The van der Waals surface area contributed by atoms with E-state index in [9.17, 15) is 9.59 Å². The molecule has 0 saturated carbocycles. The van der Waals surface area contributed by atoms with E-state index in [1.165, 1.54) is 0 Å². The lowest BCUT2D eigenvalue weighted by Gasteiger charge is -2.35. The number of hydrogen-bond acceptors (Lipinski definition) is 5. The van der Waals surface area contributed by atoms with E-state index in [1.807, 2.05) is 18.2 Å². The number of hydrogen-bond donors (Lipinski definition) is 0. The molecule has 6 heteroatoms. The van der Waals surface area contributed by atoms with Crippen LogP contribution in [0, 0.1) is 0 Å². The Morgan fingerprint density at radius 2 is 1.86 bits per heavy atom. The molecule has 2 fully saturated rings. The highest BCUT2D eigenvalue weighted by atomic mass is 16.6. The average Bonchev–Trinajstić information content (AvgIpc) is 2.94. The summed E-state index contributed by atoms with van der Waals surface area (Å²) in [6.07, 6.45) is 0.405. The van der Waals surface area contributed by atoms with Gasteiger partial charge in [-0.3, -0.25) is 9.69 Å². The SMILES string of the molecule is O=C1OCCC1N1CCN(C(=O)Oc2ccccc2)CC1. The van der Waals surface area contributed by atoms with Crippen LogP contribution in [0.1, 0.15) is 6.42 Å². The molecule has 0 aromatic heterocycles. The zero-order valence-corrected chi connectivity index (χ0v) is 11.7. The third-order valence-corrected chi connectivity index (χ3v) is 3.87. The molecule has 21 heavy (non-hydrogen) atoms. The van der Waals surface area contributed by atoms with Crippen molar-refractivity contribution in [3.8, 4) is 5.75 Å². The number of benzene rings is 1. The molecule has 6 nitrogen and oxygen atoms in total. The summed E-state index contributed by atoms with van der Waals surface area (Å²) in [5, 5.41) is 0. The van der Waals surface area contributed by atoms with Crippen LogP contribution in [0.2, 0.25) is 0 Å². The van der Waals surface area contributed by atoms with Crippen molar-refractivity contribution < 1.29 is 19.1 Å². The van der Waals surface area contributed by atoms with Gasteiger partial charge in [-0.05, 0) is 12.1 Å². The zero-order valence-electron chi connectivity index (χ0n) is 11.7. The normalized spacial score (nSPS) is 23.0. The molecule has 2 heterocycles. The maximum atomic E-state index is 12.1. The van der Waals surface area contributed by atoms with E-state index < -0.39 is 0 Å². The number of carbonyl (C=O) groups is 2. The van der Waals surface area contributed by atoms with E-state index in [-0.39, 0.29) is 18.1 Å². The third-order valence-electron chi connectivity index (χ3n) is 3.87. The van der Waals surface area contributed by atoms with Gasteiger partial charge in [0.1, 0.15) is 11.8 Å². The molecule has 1 amide bonds. The minimum Gasteiger partial charge on any atom is -0.464 e. The number of amides is 1. The molecular formula is C15H18N2O4. The van der Waals surface area contributed by atoms with Gasteiger partial charge >= 0.3 is 12.1 Å². The summed E-state index contributed by atoms with van der Waals surface area (Å²) in [6, 6.07) is 8.89. The van der Waals surface area contributed by atoms with Crippen LogP contribution in [0.5, 0.6) is 5.75 Å². The summed E-state index contributed by atoms with van der Waals surface area (Å²) < 4.78 is 10.3. The van der Waals surface area contributed by atoms with Crippen LogP contribution < -0.4 is 4.74 Å². The molecule has 0 bridgehead atoms. The fourth-order valence-corrected chi connectivity index (χ4v) is 2.69. The van der Waals surface area contributed by atoms with Crippen molar-refractivity contribution in [2.75, 3.05) is 32.8 Å². The molecule has 1 aromatic carbocycles. The van der Waals surface area contributed by atoms with Gasteiger partial charge in [-0.1, -0.05) is 18.2 Å². The van der Waals surface area contributed by atoms with E-state index in [2.05, 4.69) is 4.90 Å². The standard InChI is InChI=1S/C15H18N2O4/c18-14-13(6-11-20-14)16-7-9-17(10-8-16)15(19)21-12-4-2-1-3-5-12/h1-5,13H,6-11H2. The zero-order chi connectivity index (χ0) is 14.7.